The Morgan fingerprint density at radius 2 is 1.96 bits per heavy atom. The van der Waals surface area contributed by atoms with Crippen LogP contribution in [-0.4, -0.2) is 42.4 Å². The Balaban J connectivity index is 1.46. The summed E-state index contributed by atoms with van der Waals surface area (Å²) < 4.78 is 5.06. The van der Waals surface area contributed by atoms with Crippen LogP contribution in [0.1, 0.15) is 38.2 Å². The van der Waals surface area contributed by atoms with Crippen LogP contribution >= 0.6 is 0 Å². The molecule has 2 heterocycles. The second-order valence-electron chi connectivity index (χ2n) is 6.99. The van der Waals surface area contributed by atoms with Gasteiger partial charge in [0.15, 0.2) is 0 Å². The summed E-state index contributed by atoms with van der Waals surface area (Å²) in [4.78, 5) is 38.3. The summed E-state index contributed by atoms with van der Waals surface area (Å²) in [6, 6.07) is 7.79. The molecule has 1 atom stereocenters. The van der Waals surface area contributed by atoms with E-state index in [2.05, 4.69) is 5.32 Å². The Hall–Kier alpha value is -2.37. The smallest absolute Gasteiger partial charge is 0.309 e. The highest BCUT2D eigenvalue weighted by Gasteiger charge is 2.30. The van der Waals surface area contributed by atoms with Crippen molar-refractivity contribution in [3.8, 4) is 0 Å². The van der Waals surface area contributed by atoms with E-state index in [0.717, 1.165) is 11.3 Å². The molecule has 1 fully saturated rings. The first-order chi connectivity index (χ1) is 12.6. The SMILES string of the molecule is CCOC(=O)C1CCN(C(=O)CC[C@H]2Cc3ccccc3NC2=O)CC1. The van der Waals surface area contributed by atoms with Gasteiger partial charge in [0.1, 0.15) is 0 Å². The van der Waals surface area contributed by atoms with Crippen molar-refractivity contribution < 1.29 is 19.1 Å². The zero-order chi connectivity index (χ0) is 18.5. The van der Waals surface area contributed by atoms with Gasteiger partial charge in [0.25, 0.3) is 0 Å². The minimum absolute atomic E-state index is 0.00230. The number of nitrogens with zero attached hydrogens (tertiary/aromatic N) is 1. The second kappa shape index (κ2) is 8.34. The Kier molecular flexibility index (Phi) is 5.91. The maximum absolute atomic E-state index is 12.5. The highest BCUT2D eigenvalue weighted by atomic mass is 16.5. The summed E-state index contributed by atoms with van der Waals surface area (Å²) in [5.41, 5.74) is 2.00. The number of benzene rings is 1. The van der Waals surface area contributed by atoms with Crippen LogP contribution in [0.3, 0.4) is 0 Å². The third kappa shape index (κ3) is 4.23. The van der Waals surface area contributed by atoms with Gasteiger partial charge in [0, 0.05) is 31.1 Å². The molecular formula is C20H26N2O4. The molecule has 26 heavy (non-hydrogen) atoms. The van der Waals surface area contributed by atoms with E-state index in [9.17, 15) is 14.4 Å². The van der Waals surface area contributed by atoms with Crippen molar-refractivity contribution in [2.45, 2.75) is 39.0 Å². The van der Waals surface area contributed by atoms with Gasteiger partial charge in [-0.15, -0.1) is 0 Å². The normalized spacial score (nSPS) is 20.3. The highest BCUT2D eigenvalue weighted by molar-refractivity contribution is 5.96. The maximum Gasteiger partial charge on any atom is 0.309 e. The summed E-state index contributed by atoms with van der Waals surface area (Å²) in [6.45, 7) is 3.37. The van der Waals surface area contributed by atoms with Crippen LogP contribution in [0.25, 0.3) is 0 Å². The zero-order valence-corrected chi connectivity index (χ0v) is 15.2. The van der Waals surface area contributed by atoms with Crippen LogP contribution in [0.5, 0.6) is 0 Å². The first kappa shape index (κ1) is 18.4. The number of anilines is 1. The fourth-order valence-corrected chi connectivity index (χ4v) is 3.73. The summed E-state index contributed by atoms with van der Waals surface area (Å²) in [5, 5.41) is 2.93. The molecule has 1 aromatic rings. The number of likely N-dealkylation sites (tertiary alicyclic amines) is 1. The lowest BCUT2D eigenvalue weighted by Gasteiger charge is -2.31. The van der Waals surface area contributed by atoms with Crippen LogP contribution in [0, 0.1) is 11.8 Å². The summed E-state index contributed by atoms with van der Waals surface area (Å²) in [6.07, 6.45) is 2.91. The van der Waals surface area contributed by atoms with Gasteiger partial charge < -0.3 is 15.0 Å². The number of para-hydroxylation sites is 1. The molecule has 2 aliphatic rings. The van der Waals surface area contributed by atoms with Crippen LogP contribution in [-0.2, 0) is 25.5 Å². The van der Waals surface area contributed by atoms with Crippen LogP contribution in [0.4, 0.5) is 5.69 Å². The van der Waals surface area contributed by atoms with Gasteiger partial charge in [0.2, 0.25) is 11.8 Å². The van der Waals surface area contributed by atoms with Gasteiger partial charge in [-0.25, -0.2) is 0 Å². The van der Waals surface area contributed by atoms with Gasteiger partial charge in [-0.2, -0.15) is 0 Å². The lowest BCUT2D eigenvalue weighted by Crippen LogP contribution is -2.41. The van der Waals surface area contributed by atoms with E-state index in [4.69, 9.17) is 4.74 Å². The van der Waals surface area contributed by atoms with Gasteiger partial charge in [0.05, 0.1) is 12.5 Å². The molecule has 6 nitrogen and oxygen atoms in total. The molecule has 1 saturated heterocycles. The molecule has 0 saturated carbocycles. The van der Waals surface area contributed by atoms with Crippen molar-refractivity contribution in [3.63, 3.8) is 0 Å². The lowest BCUT2D eigenvalue weighted by atomic mass is 9.89. The predicted octanol–water partition coefficient (Wildman–Crippen LogP) is 2.38. The Morgan fingerprint density at radius 3 is 2.69 bits per heavy atom. The summed E-state index contributed by atoms with van der Waals surface area (Å²) in [5.74, 6) is -0.348. The van der Waals surface area contributed by atoms with E-state index in [-0.39, 0.29) is 29.6 Å². The van der Waals surface area contributed by atoms with Crippen molar-refractivity contribution in [2.75, 3.05) is 25.0 Å². The summed E-state index contributed by atoms with van der Waals surface area (Å²) >= 11 is 0. The molecule has 0 bridgehead atoms. The molecule has 0 aliphatic carbocycles. The topological polar surface area (TPSA) is 75.7 Å². The monoisotopic (exact) mass is 358 g/mol. The van der Waals surface area contributed by atoms with Gasteiger partial charge in [-0.3, -0.25) is 14.4 Å². The van der Waals surface area contributed by atoms with Gasteiger partial charge >= 0.3 is 5.97 Å². The predicted molar refractivity (Wildman–Crippen MR) is 97.4 cm³/mol. The second-order valence-corrected chi connectivity index (χ2v) is 6.99. The van der Waals surface area contributed by atoms with Crippen molar-refractivity contribution in [1.29, 1.82) is 0 Å². The fourth-order valence-electron chi connectivity index (χ4n) is 3.73. The summed E-state index contributed by atoms with van der Waals surface area (Å²) in [7, 11) is 0. The number of hydrogen-bond acceptors (Lipinski definition) is 4. The third-order valence-electron chi connectivity index (χ3n) is 5.29. The number of carbonyl (C=O) groups excluding carboxylic acids is 3. The minimum Gasteiger partial charge on any atom is -0.466 e. The number of carbonyl (C=O) groups is 3. The minimum atomic E-state index is -0.161. The first-order valence-corrected chi connectivity index (χ1v) is 9.41. The van der Waals surface area contributed by atoms with Crippen molar-refractivity contribution >= 4 is 23.5 Å². The zero-order valence-electron chi connectivity index (χ0n) is 15.2. The largest absolute Gasteiger partial charge is 0.466 e. The molecule has 0 radical (unpaired) electrons. The van der Waals surface area contributed by atoms with Gasteiger partial charge in [-0.05, 0) is 44.2 Å². The number of nitrogens with one attached hydrogen (secondary N) is 1. The van der Waals surface area contributed by atoms with Crippen LogP contribution in [0.15, 0.2) is 24.3 Å². The average molecular weight is 358 g/mol. The molecule has 3 rings (SSSR count). The van der Waals surface area contributed by atoms with E-state index in [1.165, 1.54) is 0 Å². The number of fused-ring (bicyclic) bond motifs is 1. The molecule has 1 aromatic carbocycles. The fraction of sp³-hybridized carbons (Fsp3) is 0.550. The maximum atomic E-state index is 12.5. The molecule has 0 spiro atoms. The molecule has 0 aromatic heterocycles. The number of rotatable bonds is 5. The standard InChI is InChI=1S/C20H26N2O4/c1-2-26-20(25)14-9-11-22(12-10-14)18(23)8-7-16-13-15-5-3-4-6-17(15)21-19(16)24/h3-6,14,16H,2,7-13H2,1H3,(H,21,24)/t16-/m0/s1. The van der Waals surface area contributed by atoms with Crippen LogP contribution < -0.4 is 5.32 Å². The van der Waals surface area contributed by atoms with Crippen molar-refractivity contribution in [2.24, 2.45) is 11.8 Å². The Bertz CT molecular complexity index is 680. The molecule has 2 amide bonds. The molecule has 2 aliphatic heterocycles. The molecule has 0 unspecified atom stereocenters. The van der Waals surface area contributed by atoms with E-state index in [1.807, 2.05) is 29.2 Å². The molecule has 6 heteroatoms. The molecule has 1 N–H and O–H groups in total. The number of esters is 1. The number of ether oxygens (including phenoxy) is 1. The Morgan fingerprint density at radius 1 is 1.23 bits per heavy atom. The Labute approximate surface area is 153 Å². The number of piperidine rings is 1. The third-order valence-corrected chi connectivity index (χ3v) is 5.29. The van der Waals surface area contributed by atoms with E-state index in [0.29, 0.717) is 51.8 Å². The number of hydrogen-bond donors (Lipinski definition) is 1. The van der Waals surface area contributed by atoms with Crippen molar-refractivity contribution in [1.82, 2.24) is 4.90 Å². The van der Waals surface area contributed by atoms with Gasteiger partial charge in [-0.1, -0.05) is 18.2 Å². The molecule has 140 valence electrons. The van der Waals surface area contributed by atoms with E-state index in [1.54, 1.807) is 6.92 Å². The molecular weight excluding hydrogens is 332 g/mol. The average Bonchev–Trinajstić information content (AvgIpc) is 2.66. The van der Waals surface area contributed by atoms with Crippen molar-refractivity contribution in [3.05, 3.63) is 29.8 Å². The lowest BCUT2D eigenvalue weighted by molar-refractivity contribution is -0.151. The quantitative estimate of drug-likeness (QED) is 0.820. The number of amides is 2. The first-order valence-electron chi connectivity index (χ1n) is 9.41. The van der Waals surface area contributed by atoms with Crippen LogP contribution in [0.2, 0.25) is 0 Å². The van der Waals surface area contributed by atoms with E-state index >= 15 is 0 Å². The highest BCUT2D eigenvalue weighted by Crippen LogP contribution is 2.28. The van der Waals surface area contributed by atoms with E-state index < -0.39 is 0 Å².